The number of benzene rings is 1. The maximum atomic E-state index is 11.2. The average molecular weight is 260 g/mol. The maximum absolute atomic E-state index is 11.2. The Morgan fingerprint density at radius 3 is 2.95 bits per heavy atom. The number of hydrogen-bond donors (Lipinski definition) is 2. The fourth-order valence-electron chi connectivity index (χ4n) is 1.75. The average Bonchev–Trinajstić information content (AvgIpc) is 2.38. The van der Waals surface area contributed by atoms with Crippen molar-refractivity contribution < 1.29 is 9.53 Å². The summed E-state index contributed by atoms with van der Waals surface area (Å²) < 4.78 is 4.85. The Kier molecular flexibility index (Phi) is 4.12. The number of para-hydroxylation sites is 1. The van der Waals surface area contributed by atoms with Gasteiger partial charge in [0.1, 0.15) is 5.82 Å². The van der Waals surface area contributed by atoms with Gasteiger partial charge in [-0.2, -0.15) is 4.98 Å². The molecule has 6 nitrogen and oxygen atoms in total. The van der Waals surface area contributed by atoms with Crippen LogP contribution in [0.5, 0.6) is 0 Å². The van der Waals surface area contributed by atoms with Crippen LogP contribution >= 0.6 is 0 Å². The zero-order valence-corrected chi connectivity index (χ0v) is 10.7. The van der Waals surface area contributed by atoms with E-state index in [0.29, 0.717) is 19.0 Å². The Balaban J connectivity index is 2.10. The van der Waals surface area contributed by atoms with Gasteiger partial charge in [-0.3, -0.25) is 4.79 Å². The van der Waals surface area contributed by atoms with E-state index in [-0.39, 0.29) is 18.3 Å². The first-order valence-corrected chi connectivity index (χ1v) is 6.12. The Morgan fingerprint density at radius 1 is 1.37 bits per heavy atom. The third-order valence-electron chi connectivity index (χ3n) is 2.55. The van der Waals surface area contributed by atoms with Crippen LogP contribution in [0, 0.1) is 0 Å². The second kappa shape index (κ2) is 5.99. The number of rotatable bonds is 5. The lowest BCUT2D eigenvalue weighted by molar-refractivity contribution is -0.142. The van der Waals surface area contributed by atoms with Crippen molar-refractivity contribution in [2.45, 2.75) is 13.3 Å². The molecule has 0 fully saturated rings. The predicted molar refractivity (Wildman–Crippen MR) is 73.7 cm³/mol. The number of carbonyl (C=O) groups excluding carboxylic acids is 1. The van der Waals surface area contributed by atoms with Gasteiger partial charge in [0, 0.05) is 11.9 Å². The van der Waals surface area contributed by atoms with Crippen LogP contribution in [-0.4, -0.2) is 29.1 Å². The number of anilines is 2. The normalized spacial score (nSPS) is 10.4. The van der Waals surface area contributed by atoms with Gasteiger partial charge in [0.25, 0.3) is 0 Å². The van der Waals surface area contributed by atoms with Crippen molar-refractivity contribution in [1.82, 2.24) is 9.97 Å². The summed E-state index contributed by atoms with van der Waals surface area (Å²) in [4.78, 5) is 19.5. The van der Waals surface area contributed by atoms with Crippen LogP contribution in [-0.2, 0) is 9.53 Å². The molecule has 0 saturated carbocycles. The highest BCUT2D eigenvalue weighted by molar-refractivity contribution is 5.89. The topological polar surface area (TPSA) is 90.1 Å². The number of esters is 1. The molecule has 0 amide bonds. The summed E-state index contributed by atoms with van der Waals surface area (Å²) in [6, 6.07) is 7.56. The van der Waals surface area contributed by atoms with Crippen LogP contribution in [0.25, 0.3) is 10.9 Å². The highest BCUT2D eigenvalue weighted by Gasteiger charge is 2.06. The van der Waals surface area contributed by atoms with Crippen LogP contribution in [0.2, 0.25) is 0 Å². The van der Waals surface area contributed by atoms with Crippen molar-refractivity contribution in [3.8, 4) is 0 Å². The lowest BCUT2D eigenvalue weighted by Gasteiger charge is -2.09. The summed E-state index contributed by atoms with van der Waals surface area (Å²) in [5.41, 5.74) is 6.42. The highest BCUT2D eigenvalue weighted by Crippen LogP contribution is 2.20. The van der Waals surface area contributed by atoms with Gasteiger partial charge in [-0.05, 0) is 19.1 Å². The van der Waals surface area contributed by atoms with E-state index in [4.69, 9.17) is 10.5 Å². The zero-order chi connectivity index (χ0) is 13.7. The van der Waals surface area contributed by atoms with Crippen molar-refractivity contribution >= 4 is 28.6 Å². The fourth-order valence-corrected chi connectivity index (χ4v) is 1.75. The summed E-state index contributed by atoms with van der Waals surface area (Å²) in [6.07, 6.45) is 0.284. The number of hydrogen-bond acceptors (Lipinski definition) is 6. The molecular formula is C13H16N4O2. The third-order valence-corrected chi connectivity index (χ3v) is 2.55. The molecule has 100 valence electrons. The second-order valence-electron chi connectivity index (χ2n) is 3.93. The van der Waals surface area contributed by atoms with E-state index in [1.54, 1.807) is 6.92 Å². The number of nitrogens with two attached hydrogens (primary N) is 1. The summed E-state index contributed by atoms with van der Waals surface area (Å²) in [5, 5.41) is 3.96. The minimum absolute atomic E-state index is 0.206. The molecule has 6 heteroatoms. The van der Waals surface area contributed by atoms with Gasteiger partial charge in [0.05, 0.1) is 18.5 Å². The summed E-state index contributed by atoms with van der Waals surface area (Å²) in [6.45, 7) is 2.62. The van der Waals surface area contributed by atoms with Gasteiger partial charge in [-0.25, -0.2) is 4.98 Å². The zero-order valence-electron chi connectivity index (χ0n) is 10.7. The summed E-state index contributed by atoms with van der Waals surface area (Å²) >= 11 is 0. The number of nitrogens with one attached hydrogen (secondary N) is 1. The molecule has 0 aliphatic heterocycles. The molecule has 0 unspecified atom stereocenters. The number of nitrogen functional groups attached to an aromatic ring is 1. The molecule has 1 aromatic heterocycles. The molecule has 19 heavy (non-hydrogen) atoms. The van der Waals surface area contributed by atoms with Gasteiger partial charge >= 0.3 is 5.97 Å². The number of fused-ring (bicyclic) bond motifs is 1. The maximum Gasteiger partial charge on any atom is 0.307 e. The molecule has 0 aliphatic rings. The van der Waals surface area contributed by atoms with Gasteiger partial charge in [0.15, 0.2) is 0 Å². The molecule has 2 aromatic rings. The van der Waals surface area contributed by atoms with Gasteiger partial charge in [0.2, 0.25) is 5.95 Å². The van der Waals surface area contributed by atoms with Crippen molar-refractivity contribution in [3.05, 3.63) is 24.3 Å². The third kappa shape index (κ3) is 3.31. The highest BCUT2D eigenvalue weighted by atomic mass is 16.5. The number of aromatic nitrogens is 2. The van der Waals surface area contributed by atoms with E-state index < -0.39 is 0 Å². The largest absolute Gasteiger partial charge is 0.466 e. The summed E-state index contributed by atoms with van der Waals surface area (Å²) in [5.74, 6) is 0.603. The Labute approximate surface area is 111 Å². The second-order valence-corrected chi connectivity index (χ2v) is 3.93. The van der Waals surface area contributed by atoms with Crippen LogP contribution in [0.4, 0.5) is 11.8 Å². The van der Waals surface area contributed by atoms with Crippen molar-refractivity contribution in [2.24, 2.45) is 0 Å². The first-order valence-electron chi connectivity index (χ1n) is 6.12. The van der Waals surface area contributed by atoms with Gasteiger partial charge < -0.3 is 15.8 Å². The molecule has 0 aliphatic carbocycles. The van der Waals surface area contributed by atoms with Crippen LogP contribution in [0.3, 0.4) is 0 Å². The molecule has 2 rings (SSSR count). The molecule has 0 spiro atoms. The van der Waals surface area contributed by atoms with Gasteiger partial charge in [-0.1, -0.05) is 12.1 Å². The first-order chi connectivity index (χ1) is 9.20. The van der Waals surface area contributed by atoms with Crippen molar-refractivity contribution in [3.63, 3.8) is 0 Å². The minimum Gasteiger partial charge on any atom is -0.466 e. The number of carbonyl (C=O) groups is 1. The van der Waals surface area contributed by atoms with E-state index in [1.165, 1.54) is 0 Å². The minimum atomic E-state index is -0.235. The molecule has 3 N–H and O–H groups in total. The lowest BCUT2D eigenvalue weighted by Crippen LogP contribution is -2.12. The predicted octanol–water partition coefficient (Wildman–Crippen LogP) is 1.58. The molecule has 0 radical (unpaired) electrons. The number of ether oxygens (including phenoxy) is 1. The van der Waals surface area contributed by atoms with E-state index in [2.05, 4.69) is 15.3 Å². The van der Waals surface area contributed by atoms with Gasteiger partial charge in [-0.15, -0.1) is 0 Å². The molecule has 1 heterocycles. The smallest absolute Gasteiger partial charge is 0.307 e. The van der Waals surface area contributed by atoms with Crippen molar-refractivity contribution in [2.75, 3.05) is 24.2 Å². The monoisotopic (exact) mass is 260 g/mol. The lowest BCUT2D eigenvalue weighted by atomic mass is 10.2. The van der Waals surface area contributed by atoms with Crippen LogP contribution in [0.1, 0.15) is 13.3 Å². The fraction of sp³-hybridized carbons (Fsp3) is 0.308. The van der Waals surface area contributed by atoms with Crippen LogP contribution < -0.4 is 11.1 Å². The Bertz CT molecular complexity index is 586. The Morgan fingerprint density at radius 2 is 2.16 bits per heavy atom. The standard InChI is InChI=1S/C13H16N4O2/c1-2-19-11(18)7-8-15-12-9-5-3-4-6-10(9)16-13(14)17-12/h3-6H,2,7-8H2,1H3,(H3,14,15,16,17). The molecule has 0 atom stereocenters. The number of nitrogens with zero attached hydrogens (tertiary/aromatic N) is 2. The van der Waals surface area contributed by atoms with Crippen molar-refractivity contribution in [1.29, 1.82) is 0 Å². The van der Waals surface area contributed by atoms with E-state index in [1.807, 2.05) is 24.3 Å². The molecule has 0 saturated heterocycles. The SMILES string of the molecule is CCOC(=O)CCNc1nc(N)nc2ccccc12. The quantitative estimate of drug-likeness (QED) is 0.793. The van der Waals surface area contributed by atoms with E-state index in [0.717, 1.165) is 10.9 Å². The van der Waals surface area contributed by atoms with Crippen LogP contribution in [0.15, 0.2) is 24.3 Å². The van der Waals surface area contributed by atoms with E-state index >= 15 is 0 Å². The summed E-state index contributed by atoms with van der Waals surface area (Å²) in [7, 11) is 0. The van der Waals surface area contributed by atoms with E-state index in [9.17, 15) is 4.79 Å². The Hall–Kier alpha value is -2.37. The molecular weight excluding hydrogens is 244 g/mol. The molecule has 0 bridgehead atoms. The first kappa shape index (κ1) is 13.1. The molecule has 1 aromatic carbocycles.